The van der Waals surface area contributed by atoms with E-state index in [9.17, 15) is 4.79 Å². The van der Waals surface area contributed by atoms with Crippen LogP contribution in [0.2, 0.25) is 0 Å². The van der Waals surface area contributed by atoms with Crippen LogP contribution in [0, 0.1) is 0 Å². The van der Waals surface area contributed by atoms with Crippen molar-refractivity contribution < 1.29 is 4.79 Å². The Balaban J connectivity index is 1.63. The maximum Gasteiger partial charge on any atom is 0.236 e. The number of carbonyl (C=O) groups excluding carboxylic acids is 1. The highest BCUT2D eigenvalue weighted by atomic mass is 79.9. The number of alkyl halides is 1. The highest BCUT2D eigenvalue weighted by Gasteiger charge is 2.28. The van der Waals surface area contributed by atoms with Crippen LogP contribution < -0.4 is 0 Å². The van der Waals surface area contributed by atoms with Crippen LogP contribution in [0.25, 0.3) is 0 Å². The second kappa shape index (κ2) is 5.48. The first-order valence-electron chi connectivity index (χ1n) is 5.66. The fraction of sp³-hybridized carbons (Fsp3) is 0.636. The van der Waals surface area contributed by atoms with Gasteiger partial charge in [-0.2, -0.15) is 0 Å². The molecule has 0 spiro atoms. The van der Waals surface area contributed by atoms with Gasteiger partial charge in [0.05, 0.1) is 11.2 Å². The van der Waals surface area contributed by atoms with E-state index >= 15 is 0 Å². The molecule has 1 aliphatic heterocycles. The normalized spacial score (nSPS) is 20.7. The van der Waals surface area contributed by atoms with Crippen molar-refractivity contribution >= 4 is 21.8 Å². The molecule has 2 heterocycles. The molecule has 88 valence electrons. The number of amides is 1. The van der Waals surface area contributed by atoms with Gasteiger partial charge in [-0.15, -0.1) is 0 Å². The lowest BCUT2D eigenvalue weighted by Crippen LogP contribution is -2.28. The first-order valence-corrected chi connectivity index (χ1v) is 6.57. The standard InChI is InChI=1S/C11H16BrN3O/c12-10-3-7-15(11(10)16)6-2-1-5-14-8-4-13-9-14/h4,8-10H,1-3,5-7H2. The highest BCUT2D eigenvalue weighted by molar-refractivity contribution is 9.10. The van der Waals surface area contributed by atoms with E-state index in [4.69, 9.17) is 0 Å². The Morgan fingerprint density at radius 2 is 2.25 bits per heavy atom. The first kappa shape index (κ1) is 11.6. The minimum atomic E-state index is 0.0566. The Morgan fingerprint density at radius 1 is 1.44 bits per heavy atom. The number of nitrogens with zero attached hydrogens (tertiary/aromatic N) is 3. The molecule has 1 saturated heterocycles. The SMILES string of the molecule is O=C1C(Br)CCN1CCCCn1ccnc1. The number of halogens is 1. The molecule has 0 saturated carbocycles. The maximum absolute atomic E-state index is 11.6. The van der Waals surface area contributed by atoms with Gasteiger partial charge in [-0.1, -0.05) is 15.9 Å². The lowest BCUT2D eigenvalue weighted by atomic mass is 10.3. The van der Waals surface area contributed by atoms with Crippen molar-refractivity contribution in [3.05, 3.63) is 18.7 Å². The van der Waals surface area contributed by atoms with E-state index in [1.165, 1.54) is 0 Å². The van der Waals surface area contributed by atoms with Crippen molar-refractivity contribution in [2.45, 2.75) is 30.6 Å². The van der Waals surface area contributed by atoms with Gasteiger partial charge in [-0.25, -0.2) is 4.98 Å². The molecule has 0 aromatic carbocycles. The average Bonchev–Trinajstić information content (AvgIpc) is 2.88. The third-order valence-corrected chi connectivity index (χ3v) is 3.74. The number of hydrogen-bond acceptors (Lipinski definition) is 2. The quantitative estimate of drug-likeness (QED) is 0.610. The van der Waals surface area contributed by atoms with Gasteiger partial charge in [0.2, 0.25) is 5.91 Å². The Kier molecular flexibility index (Phi) is 3.98. The van der Waals surface area contributed by atoms with Gasteiger partial charge in [0.1, 0.15) is 0 Å². The van der Waals surface area contributed by atoms with E-state index in [0.29, 0.717) is 0 Å². The van der Waals surface area contributed by atoms with Gasteiger partial charge in [0.15, 0.2) is 0 Å². The Labute approximate surface area is 104 Å². The van der Waals surface area contributed by atoms with Gasteiger partial charge in [-0.3, -0.25) is 4.79 Å². The number of aryl methyl sites for hydroxylation is 1. The summed E-state index contributed by atoms with van der Waals surface area (Å²) in [6.07, 6.45) is 8.68. The summed E-state index contributed by atoms with van der Waals surface area (Å²) in [5.74, 6) is 0.252. The van der Waals surface area contributed by atoms with Crippen molar-refractivity contribution in [1.82, 2.24) is 14.5 Å². The molecule has 16 heavy (non-hydrogen) atoms. The molecule has 1 amide bonds. The molecule has 0 aliphatic carbocycles. The number of likely N-dealkylation sites (tertiary alicyclic amines) is 1. The maximum atomic E-state index is 11.6. The van der Waals surface area contributed by atoms with Crippen LogP contribution in [-0.4, -0.2) is 38.3 Å². The molecule has 1 aromatic heterocycles. The van der Waals surface area contributed by atoms with Crippen molar-refractivity contribution in [3.63, 3.8) is 0 Å². The lowest BCUT2D eigenvalue weighted by Gasteiger charge is -2.15. The predicted molar refractivity (Wildman–Crippen MR) is 65.4 cm³/mol. The van der Waals surface area contributed by atoms with Crippen LogP contribution in [0.15, 0.2) is 18.7 Å². The van der Waals surface area contributed by atoms with Crippen molar-refractivity contribution in [1.29, 1.82) is 0 Å². The van der Waals surface area contributed by atoms with Gasteiger partial charge in [-0.05, 0) is 19.3 Å². The number of rotatable bonds is 5. The van der Waals surface area contributed by atoms with Gasteiger partial charge in [0, 0.05) is 32.0 Å². The van der Waals surface area contributed by atoms with Crippen molar-refractivity contribution in [2.24, 2.45) is 0 Å². The van der Waals surface area contributed by atoms with E-state index in [2.05, 4.69) is 25.5 Å². The summed E-state index contributed by atoms with van der Waals surface area (Å²) in [5, 5.41) is 0. The first-order chi connectivity index (χ1) is 7.77. The van der Waals surface area contributed by atoms with Crippen LogP contribution >= 0.6 is 15.9 Å². The second-order valence-corrected chi connectivity index (χ2v) is 5.19. The molecule has 0 bridgehead atoms. The zero-order chi connectivity index (χ0) is 11.4. The van der Waals surface area contributed by atoms with Gasteiger partial charge < -0.3 is 9.47 Å². The van der Waals surface area contributed by atoms with Crippen molar-refractivity contribution in [3.8, 4) is 0 Å². The van der Waals surface area contributed by atoms with Crippen LogP contribution in [0.5, 0.6) is 0 Å². The summed E-state index contributed by atoms with van der Waals surface area (Å²) in [6.45, 7) is 2.77. The molecule has 1 unspecified atom stereocenters. The van der Waals surface area contributed by atoms with Crippen LogP contribution in [0.1, 0.15) is 19.3 Å². The summed E-state index contributed by atoms with van der Waals surface area (Å²) >= 11 is 3.38. The van der Waals surface area contributed by atoms with E-state index in [1.54, 1.807) is 6.20 Å². The molecule has 0 radical (unpaired) electrons. The number of hydrogen-bond donors (Lipinski definition) is 0. The second-order valence-electron chi connectivity index (χ2n) is 4.09. The Morgan fingerprint density at radius 3 is 2.88 bits per heavy atom. The predicted octanol–water partition coefficient (Wildman–Crippen LogP) is 1.66. The zero-order valence-electron chi connectivity index (χ0n) is 9.18. The fourth-order valence-electron chi connectivity index (χ4n) is 1.94. The monoisotopic (exact) mass is 285 g/mol. The number of unbranched alkanes of at least 4 members (excludes halogenated alkanes) is 1. The largest absolute Gasteiger partial charge is 0.342 e. The molecule has 1 aromatic rings. The Hall–Kier alpha value is -0.840. The van der Waals surface area contributed by atoms with E-state index in [1.807, 2.05) is 17.4 Å². The smallest absolute Gasteiger partial charge is 0.236 e. The summed E-state index contributed by atoms with van der Waals surface area (Å²) in [6, 6.07) is 0. The Bertz CT molecular complexity index is 339. The van der Waals surface area contributed by atoms with Crippen LogP contribution in [0.4, 0.5) is 0 Å². The van der Waals surface area contributed by atoms with Gasteiger partial charge >= 0.3 is 0 Å². The fourth-order valence-corrected chi connectivity index (χ4v) is 2.43. The topological polar surface area (TPSA) is 38.1 Å². The number of imidazole rings is 1. The molecule has 5 heteroatoms. The molecule has 1 fully saturated rings. The third-order valence-electron chi connectivity index (χ3n) is 2.89. The summed E-state index contributed by atoms with van der Waals surface area (Å²) in [4.78, 5) is 17.6. The van der Waals surface area contributed by atoms with E-state index in [-0.39, 0.29) is 10.7 Å². The molecule has 4 nitrogen and oxygen atoms in total. The van der Waals surface area contributed by atoms with E-state index < -0.39 is 0 Å². The zero-order valence-corrected chi connectivity index (χ0v) is 10.8. The van der Waals surface area contributed by atoms with Crippen LogP contribution in [0.3, 0.4) is 0 Å². The summed E-state index contributed by atoms with van der Waals surface area (Å²) in [5.41, 5.74) is 0. The molecule has 1 atom stereocenters. The summed E-state index contributed by atoms with van der Waals surface area (Å²) in [7, 11) is 0. The lowest BCUT2D eigenvalue weighted by molar-refractivity contribution is -0.127. The average molecular weight is 286 g/mol. The molecule has 2 rings (SSSR count). The van der Waals surface area contributed by atoms with Gasteiger partial charge in [0.25, 0.3) is 0 Å². The minimum Gasteiger partial charge on any atom is -0.342 e. The summed E-state index contributed by atoms with van der Waals surface area (Å²) < 4.78 is 2.07. The minimum absolute atomic E-state index is 0.0566. The molecular formula is C11H16BrN3O. The highest BCUT2D eigenvalue weighted by Crippen LogP contribution is 2.18. The molecular weight excluding hydrogens is 270 g/mol. The van der Waals surface area contributed by atoms with E-state index in [0.717, 1.165) is 38.9 Å². The molecule has 1 aliphatic rings. The van der Waals surface area contributed by atoms with Crippen molar-refractivity contribution in [2.75, 3.05) is 13.1 Å². The van der Waals surface area contributed by atoms with Crippen LogP contribution in [-0.2, 0) is 11.3 Å². The number of carbonyl (C=O) groups is 1. The number of aromatic nitrogens is 2. The molecule has 0 N–H and O–H groups in total. The third kappa shape index (κ3) is 2.84.